The molecule has 0 aliphatic carbocycles. The summed E-state index contributed by atoms with van der Waals surface area (Å²) in [5, 5.41) is 0. The van der Waals surface area contributed by atoms with Crippen molar-refractivity contribution >= 4 is 11.4 Å². The lowest BCUT2D eigenvalue weighted by atomic mass is 9.96. The minimum absolute atomic E-state index is 0.647. The van der Waals surface area contributed by atoms with Crippen LogP contribution >= 0.6 is 0 Å². The standard InChI is InChI=1S/C12H18N2/c1-3-14-9(2)4-5-10-6-7-11(13)8-12(10)14/h6-9H,3-5,13H2,1-2H3. The van der Waals surface area contributed by atoms with E-state index in [1.807, 2.05) is 6.07 Å². The second-order valence-corrected chi connectivity index (χ2v) is 4.06. The van der Waals surface area contributed by atoms with Crippen LogP contribution in [0, 0.1) is 0 Å². The van der Waals surface area contributed by atoms with E-state index < -0.39 is 0 Å². The van der Waals surface area contributed by atoms with Crippen molar-refractivity contribution in [1.82, 2.24) is 0 Å². The van der Waals surface area contributed by atoms with Crippen LogP contribution in [0.4, 0.5) is 11.4 Å². The third-order valence-corrected chi connectivity index (χ3v) is 3.12. The van der Waals surface area contributed by atoms with E-state index in [0.29, 0.717) is 6.04 Å². The average Bonchev–Trinajstić information content (AvgIpc) is 2.17. The molecule has 0 spiro atoms. The van der Waals surface area contributed by atoms with E-state index in [-0.39, 0.29) is 0 Å². The predicted octanol–water partition coefficient (Wildman–Crippen LogP) is 2.43. The van der Waals surface area contributed by atoms with Crippen molar-refractivity contribution in [2.75, 3.05) is 17.2 Å². The summed E-state index contributed by atoms with van der Waals surface area (Å²) in [6.45, 7) is 5.56. The van der Waals surface area contributed by atoms with Gasteiger partial charge in [-0.05, 0) is 44.4 Å². The summed E-state index contributed by atoms with van der Waals surface area (Å²) in [5.74, 6) is 0. The van der Waals surface area contributed by atoms with Gasteiger partial charge in [-0.15, -0.1) is 0 Å². The fourth-order valence-electron chi connectivity index (χ4n) is 2.30. The quantitative estimate of drug-likeness (QED) is 0.689. The average molecular weight is 190 g/mol. The van der Waals surface area contributed by atoms with Crippen LogP contribution in [0.2, 0.25) is 0 Å². The molecule has 0 saturated heterocycles. The van der Waals surface area contributed by atoms with Gasteiger partial charge in [0.15, 0.2) is 0 Å². The van der Waals surface area contributed by atoms with Gasteiger partial charge in [0.05, 0.1) is 0 Å². The van der Waals surface area contributed by atoms with Crippen molar-refractivity contribution in [2.45, 2.75) is 32.7 Å². The normalized spacial score (nSPS) is 20.7. The highest BCUT2D eigenvalue weighted by Gasteiger charge is 2.21. The molecular weight excluding hydrogens is 172 g/mol. The van der Waals surface area contributed by atoms with E-state index in [4.69, 9.17) is 5.73 Å². The zero-order chi connectivity index (χ0) is 10.1. The molecule has 1 aliphatic heterocycles. The molecule has 1 unspecified atom stereocenters. The van der Waals surface area contributed by atoms with Crippen LogP contribution in [0.5, 0.6) is 0 Å². The Kier molecular flexibility index (Phi) is 2.36. The van der Waals surface area contributed by atoms with Crippen molar-refractivity contribution in [3.05, 3.63) is 23.8 Å². The molecule has 76 valence electrons. The Morgan fingerprint density at radius 1 is 1.50 bits per heavy atom. The molecule has 0 saturated carbocycles. The highest BCUT2D eigenvalue weighted by molar-refractivity contribution is 5.63. The van der Waals surface area contributed by atoms with Crippen LogP contribution in [0.3, 0.4) is 0 Å². The van der Waals surface area contributed by atoms with Gasteiger partial charge < -0.3 is 10.6 Å². The Bertz CT molecular complexity index is 333. The van der Waals surface area contributed by atoms with Crippen LogP contribution in [0.1, 0.15) is 25.8 Å². The second kappa shape index (κ2) is 3.52. The molecule has 0 amide bonds. The Morgan fingerprint density at radius 2 is 2.29 bits per heavy atom. The smallest absolute Gasteiger partial charge is 0.0421 e. The molecular formula is C12H18N2. The Hall–Kier alpha value is -1.18. The lowest BCUT2D eigenvalue weighted by molar-refractivity contribution is 0.573. The predicted molar refractivity (Wildman–Crippen MR) is 61.7 cm³/mol. The summed E-state index contributed by atoms with van der Waals surface area (Å²) in [6, 6.07) is 6.92. The largest absolute Gasteiger partial charge is 0.399 e. The first kappa shape index (κ1) is 9.38. The minimum Gasteiger partial charge on any atom is -0.399 e. The van der Waals surface area contributed by atoms with Crippen molar-refractivity contribution in [3.8, 4) is 0 Å². The summed E-state index contributed by atoms with van der Waals surface area (Å²) in [7, 11) is 0. The van der Waals surface area contributed by atoms with Crippen molar-refractivity contribution in [1.29, 1.82) is 0 Å². The molecule has 0 fully saturated rings. The minimum atomic E-state index is 0.647. The number of rotatable bonds is 1. The molecule has 2 rings (SSSR count). The van der Waals surface area contributed by atoms with Crippen LogP contribution in [-0.2, 0) is 6.42 Å². The van der Waals surface area contributed by atoms with Gasteiger partial charge in [-0.2, -0.15) is 0 Å². The zero-order valence-electron chi connectivity index (χ0n) is 8.96. The molecule has 14 heavy (non-hydrogen) atoms. The third-order valence-electron chi connectivity index (χ3n) is 3.12. The number of hydrogen-bond acceptors (Lipinski definition) is 2. The van der Waals surface area contributed by atoms with Crippen LogP contribution < -0.4 is 10.6 Å². The first-order valence-electron chi connectivity index (χ1n) is 5.37. The summed E-state index contributed by atoms with van der Waals surface area (Å²) >= 11 is 0. The van der Waals surface area contributed by atoms with Crippen LogP contribution in [0.25, 0.3) is 0 Å². The number of nitrogens with zero attached hydrogens (tertiary/aromatic N) is 1. The molecule has 1 aromatic rings. The topological polar surface area (TPSA) is 29.3 Å². The van der Waals surface area contributed by atoms with E-state index in [0.717, 1.165) is 12.2 Å². The Morgan fingerprint density at radius 3 is 3.00 bits per heavy atom. The molecule has 1 aromatic carbocycles. The number of fused-ring (bicyclic) bond motifs is 1. The summed E-state index contributed by atoms with van der Waals surface area (Å²) in [6.07, 6.45) is 2.44. The SMILES string of the molecule is CCN1c2cc(N)ccc2CCC1C. The molecule has 2 heteroatoms. The van der Waals surface area contributed by atoms with Crippen molar-refractivity contribution in [2.24, 2.45) is 0 Å². The van der Waals surface area contributed by atoms with Crippen LogP contribution in [0.15, 0.2) is 18.2 Å². The van der Waals surface area contributed by atoms with Crippen LogP contribution in [-0.4, -0.2) is 12.6 Å². The number of anilines is 2. The maximum atomic E-state index is 5.82. The molecule has 1 heterocycles. The van der Waals surface area contributed by atoms with Gasteiger partial charge in [0.2, 0.25) is 0 Å². The lowest BCUT2D eigenvalue weighted by Crippen LogP contribution is -2.37. The van der Waals surface area contributed by atoms with Gasteiger partial charge in [0, 0.05) is 24.0 Å². The monoisotopic (exact) mass is 190 g/mol. The van der Waals surface area contributed by atoms with Gasteiger partial charge in [0.1, 0.15) is 0 Å². The van der Waals surface area contributed by atoms with Gasteiger partial charge in [-0.25, -0.2) is 0 Å². The molecule has 0 bridgehead atoms. The van der Waals surface area contributed by atoms with Gasteiger partial charge in [-0.3, -0.25) is 0 Å². The fraction of sp³-hybridized carbons (Fsp3) is 0.500. The van der Waals surface area contributed by atoms with E-state index in [2.05, 4.69) is 30.9 Å². The van der Waals surface area contributed by atoms with Crippen molar-refractivity contribution < 1.29 is 0 Å². The highest BCUT2D eigenvalue weighted by atomic mass is 15.2. The van der Waals surface area contributed by atoms with Gasteiger partial charge >= 0.3 is 0 Å². The van der Waals surface area contributed by atoms with E-state index in [1.165, 1.54) is 24.1 Å². The second-order valence-electron chi connectivity index (χ2n) is 4.06. The first-order valence-corrected chi connectivity index (χ1v) is 5.37. The molecule has 2 nitrogen and oxygen atoms in total. The maximum absolute atomic E-state index is 5.82. The van der Waals surface area contributed by atoms with Crippen molar-refractivity contribution in [3.63, 3.8) is 0 Å². The highest BCUT2D eigenvalue weighted by Crippen LogP contribution is 2.31. The molecule has 2 N–H and O–H groups in total. The lowest BCUT2D eigenvalue weighted by Gasteiger charge is -2.36. The maximum Gasteiger partial charge on any atom is 0.0421 e. The van der Waals surface area contributed by atoms with E-state index >= 15 is 0 Å². The Balaban J connectivity index is 2.43. The summed E-state index contributed by atoms with van der Waals surface area (Å²) in [4.78, 5) is 2.44. The van der Waals surface area contributed by atoms with Gasteiger partial charge in [-0.1, -0.05) is 6.07 Å². The van der Waals surface area contributed by atoms with Gasteiger partial charge in [0.25, 0.3) is 0 Å². The number of nitrogen functional groups attached to an aromatic ring is 1. The molecule has 0 aromatic heterocycles. The number of aryl methyl sites for hydroxylation is 1. The molecule has 0 radical (unpaired) electrons. The fourth-order valence-corrected chi connectivity index (χ4v) is 2.30. The van der Waals surface area contributed by atoms with E-state index in [9.17, 15) is 0 Å². The summed E-state index contributed by atoms with van der Waals surface area (Å²) in [5.41, 5.74) is 9.47. The number of hydrogen-bond donors (Lipinski definition) is 1. The number of benzene rings is 1. The zero-order valence-corrected chi connectivity index (χ0v) is 8.96. The molecule has 1 aliphatic rings. The molecule has 1 atom stereocenters. The van der Waals surface area contributed by atoms with E-state index in [1.54, 1.807) is 0 Å². The number of nitrogens with two attached hydrogens (primary N) is 1. The third kappa shape index (κ3) is 1.45. The first-order chi connectivity index (χ1) is 6.72. The Labute approximate surface area is 85.7 Å². The summed E-state index contributed by atoms with van der Waals surface area (Å²) < 4.78 is 0.